The van der Waals surface area contributed by atoms with E-state index in [-0.39, 0.29) is 5.91 Å². The van der Waals surface area contributed by atoms with Gasteiger partial charge in [-0.05, 0) is 44.4 Å². The third-order valence-electron chi connectivity index (χ3n) is 5.34. The van der Waals surface area contributed by atoms with Gasteiger partial charge < -0.3 is 9.88 Å². The second-order valence-electron chi connectivity index (χ2n) is 7.44. The van der Waals surface area contributed by atoms with E-state index in [1.165, 1.54) is 44.9 Å². The fraction of sp³-hybridized carbons (Fsp3) is 0.824. The largest absolute Gasteiger partial charge is 0.352 e. The average molecular weight is 334 g/mol. The van der Waals surface area contributed by atoms with Crippen LogP contribution in [0.2, 0.25) is 0 Å². The van der Waals surface area contributed by atoms with Gasteiger partial charge in [-0.3, -0.25) is 4.79 Å². The zero-order chi connectivity index (χ0) is 15.8. The Morgan fingerprint density at radius 1 is 1.17 bits per heavy atom. The molecule has 5 nitrogen and oxygen atoms in total. The highest BCUT2D eigenvalue weighted by Crippen LogP contribution is 2.45. The van der Waals surface area contributed by atoms with Gasteiger partial charge in [-0.1, -0.05) is 31.5 Å². The van der Waals surface area contributed by atoms with E-state index in [9.17, 15) is 4.79 Å². The molecule has 0 spiro atoms. The second-order valence-corrected chi connectivity index (χ2v) is 8.38. The summed E-state index contributed by atoms with van der Waals surface area (Å²) in [5.41, 5.74) is 0. The van der Waals surface area contributed by atoms with E-state index < -0.39 is 0 Å². The number of nitrogens with one attached hydrogen (secondary N) is 1. The number of rotatable bonds is 6. The van der Waals surface area contributed by atoms with E-state index in [1.54, 1.807) is 11.8 Å². The summed E-state index contributed by atoms with van der Waals surface area (Å²) in [6, 6.07) is 0.949. The van der Waals surface area contributed by atoms with Crippen LogP contribution in [0.5, 0.6) is 0 Å². The van der Waals surface area contributed by atoms with Crippen molar-refractivity contribution in [3.63, 3.8) is 0 Å². The Hall–Kier alpha value is -1.04. The molecule has 0 saturated heterocycles. The summed E-state index contributed by atoms with van der Waals surface area (Å²) < 4.78 is 2.32. The van der Waals surface area contributed by atoms with Gasteiger partial charge in [0.15, 0.2) is 5.16 Å². The van der Waals surface area contributed by atoms with Crippen LogP contribution in [0.25, 0.3) is 0 Å². The molecule has 1 amide bonds. The highest BCUT2D eigenvalue weighted by Gasteiger charge is 2.36. The monoisotopic (exact) mass is 334 g/mol. The van der Waals surface area contributed by atoms with Crippen LogP contribution in [-0.4, -0.2) is 32.5 Å². The zero-order valence-corrected chi connectivity index (χ0v) is 14.6. The topological polar surface area (TPSA) is 59.8 Å². The van der Waals surface area contributed by atoms with Crippen LogP contribution in [0.4, 0.5) is 0 Å². The van der Waals surface area contributed by atoms with Crippen LogP contribution in [0.1, 0.15) is 76.1 Å². The molecule has 0 unspecified atom stereocenters. The predicted molar refractivity (Wildman–Crippen MR) is 90.6 cm³/mol. The number of nitrogens with zero attached hydrogens (tertiary/aromatic N) is 3. The summed E-state index contributed by atoms with van der Waals surface area (Å²) in [5, 5.41) is 12.9. The van der Waals surface area contributed by atoms with Crippen molar-refractivity contribution in [3.05, 3.63) is 5.82 Å². The molecule has 0 aromatic carbocycles. The van der Waals surface area contributed by atoms with Gasteiger partial charge in [0.25, 0.3) is 0 Å². The lowest BCUT2D eigenvalue weighted by Gasteiger charge is -2.29. The Kier molecular flexibility index (Phi) is 4.35. The van der Waals surface area contributed by atoms with E-state index >= 15 is 0 Å². The summed E-state index contributed by atoms with van der Waals surface area (Å²) in [5.74, 6) is 2.99. The van der Waals surface area contributed by atoms with Crippen molar-refractivity contribution in [2.45, 2.75) is 81.4 Å². The van der Waals surface area contributed by atoms with Gasteiger partial charge in [-0.2, -0.15) is 0 Å². The third-order valence-corrected chi connectivity index (χ3v) is 6.28. The number of thioether (sulfide) groups is 1. The van der Waals surface area contributed by atoms with Gasteiger partial charge in [-0.25, -0.2) is 0 Å². The molecule has 3 aliphatic rings. The molecular weight excluding hydrogens is 308 g/mol. The fourth-order valence-electron chi connectivity index (χ4n) is 3.59. The number of amides is 1. The summed E-state index contributed by atoms with van der Waals surface area (Å²) in [7, 11) is 0. The Labute approximate surface area is 142 Å². The molecule has 3 fully saturated rings. The summed E-state index contributed by atoms with van der Waals surface area (Å²) in [6.45, 7) is 2.25. The summed E-state index contributed by atoms with van der Waals surface area (Å²) >= 11 is 1.56. The van der Waals surface area contributed by atoms with Crippen molar-refractivity contribution in [2.24, 2.45) is 5.92 Å². The first-order valence-corrected chi connectivity index (χ1v) is 10.1. The summed E-state index contributed by atoms with van der Waals surface area (Å²) in [4.78, 5) is 12.3. The van der Waals surface area contributed by atoms with Gasteiger partial charge in [0.05, 0.1) is 5.75 Å². The van der Waals surface area contributed by atoms with Crippen molar-refractivity contribution >= 4 is 17.7 Å². The highest BCUT2D eigenvalue weighted by atomic mass is 32.2. The molecule has 1 aromatic heterocycles. The van der Waals surface area contributed by atoms with Gasteiger partial charge in [-0.15, -0.1) is 10.2 Å². The molecule has 4 rings (SSSR count). The molecule has 23 heavy (non-hydrogen) atoms. The Morgan fingerprint density at radius 3 is 2.65 bits per heavy atom. The molecule has 3 aliphatic carbocycles. The van der Waals surface area contributed by atoms with Gasteiger partial charge in [0, 0.05) is 18.0 Å². The summed E-state index contributed by atoms with van der Waals surface area (Å²) in [6.07, 6.45) is 9.86. The number of hydrogen-bond donors (Lipinski definition) is 1. The van der Waals surface area contributed by atoms with Crippen molar-refractivity contribution in [2.75, 3.05) is 5.75 Å². The molecule has 0 aliphatic heterocycles. The standard InChI is InChI=1S/C17H26N4OS/c1-11-4-2-3-5-14(11)18-15(22)10-23-17-20-19-16(12-6-7-12)21(17)13-8-9-13/h11-14H,2-10H2,1H3,(H,18,22)/t11-,14-/m0/s1. The van der Waals surface area contributed by atoms with Gasteiger partial charge in [0.2, 0.25) is 5.91 Å². The molecule has 1 heterocycles. The molecule has 0 bridgehead atoms. The van der Waals surface area contributed by atoms with Crippen molar-refractivity contribution in [3.8, 4) is 0 Å². The Bertz CT molecular complexity index is 579. The maximum absolute atomic E-state index is 12.3. The minimum atomic E-state index is 0.145. The minimum absolute atomic E-state index is 0.145. The van der Waals surface area contributed by atoms with Gasteiger partial charge in [0.1, 0.15) is 5.82 Å². The van der Waals surface area contributed by atoms with Crippen LogP contribution in [0, 0.1) is 5.92 Å². The van der Waals surface area contributed by atoms with E-state index in [4.69, 9.17) is 0 Å². The normalized spacial score (nSPS) is 27.9. The van der Waals surface area contributed by atoms with Gasteiger partial charge >= 0.3 is 0 Å². The second kappa shape index (κ2) is 6.46. The quantitative estimate of drug-likeness (QED) is 0.811. The maximum Gasteiger partial charge on any atom is 0.230 e. The lowest BCUT2D eigenvalue weighted by atomic mass is 9.86. The highest BCUT2D eigenvalue weighted by molar-refractivity contribution is 7.99. The molecular formula is C17H26N4OS. The lowest BCUT2D eigenvalue weighted by Crippen LogP contribution is -2.41. The molecule has 3 saturated carbocycles. The Morgan fingerprint density at radius 2 is 1.96 bits per heavy atom. The number of carbonyl (C=O) groups is 1. The molecule has 0 radical (unpaired) electrons. The van der Waals surface area contributed by atoms with Crippen LogP contribution in [-0.2, 0) is 4.79 Å². The first kappa shape index (κ1) is 15.5. The van der Waals surface area contributed by atoms with E-state index in [1.807, 2.05) is 0 Å². The van der Waals surface area contributed by atoms with Crippen LogP contribution >= 0.6 is 11.8 Å². The third kappa shape index (κ3) is 3.57. The molecule has 6 heteroatoms. The van der Waals surface area contributed by atoms with Crippen LogP contribution in [0.3, 0.4) is 0 Å². The molecule has 1 N–H and O–H groups in total. The minimum Gasteiger partial charge on any atom is -0.352 e. The number of aromatic nitrogens is 3. The first-order valence-electron chi connectivity index (χ1n) is 9.09. The lowest BCUT2D eigenvalue weighted by molar-refractivity contribution is -0.119. The van der Waals surface area contributed by atoms with Crippen LogP contribution < -0.4 is 5.32 Å². The van der Waals surface area contributed by atoms with Crippen LogP contribution in [0.15, 0.2) is 5.16 Å². The van der Waals surface area contributed by atoms with Crippen molar-refractivity contribution < 1.29 is 4.79 Å². The predicted octanol–water partition coefficient (Wildman–Crippen LogP) is 3.28. The molecule has 1 aromatic rings. The fourth-order valence-corrected chi connectivity index (χ4v) is 4.42. The maximum atomic E-state index is 12.3. The molecule has 2 atom stereocenters. The van der Waals surface area contributed by atoms with Crippen molar-refractivity contribution in [1.82, 2.24) is 20.1 Å². The van der Waals surface area contributed by atoms with Crippen molar-refractivity contribution in [1.29, 1.82) is 0 Å². The SMILES string of the molecule is C[C@H]1CCCC[C@@H]1NC(=O)CSc1nnc(C2CC2)n1C1CC1. The Balaban J connectivity index is 1.34. The van der Waals surface area contributed by atoms with E-state index in [0.29, 0.717) is 29.7 Å². The smallest absolute Gasteiger partial charge is 0.230 e. The van der Waals surface area contributed by atoms with E-state index in [0.717, 1.165) is 17.4 Å². The number of hydrogen-bond acceptors (Lipinski definition) is 4. The molecule has 126 valence electrons. The first-order chi connectivity index (χ1) is 11.2. The average Bonchev–Trinajstić information content (AvgIpc) is 3.46. The van der Waals surface area contributed by atoms with E-state index in [2.05, 4.69) is 27.0 Å². The zero-order valence-electron chi connectivity index (χ0n) is 13.8. The number of carbonyl (C=O) groups excluding carboxylic acids is 1.